The van der Waals surface area contributed by atoms with E-state index < -0.39 is 0 Å². The second-order valence-corrected chi connectivity index (χ2v) is 4.51. The van der Waals surface area contributed by atoms with Crippen molar-refractivity contribution in [2.75, 3.05) is 12.4 Å². The van der Waals surface area contributed by atoms with Gasteiger partial charge in [-0.1, -0.05) is 42.4 Å². The highest BCUT2D eigenvalue weighted by molar-refractivity contribution is 7.80. The minimum atomic E-state index is 0.481. The molecule has 0 heterocycles. The van der Waals surface area contributed by atoms with Crippen LogP contribution in [0.25, 0.3) is 10.8 Å². The number of ether oxygens (including phenoxy) is 1. The average molecular weight is 265 g/mol. The quantitative estimate of drug-likeness (QED) is 0.638. The largest absolute Gasteiger partial charge is 0.489 e. The van der Waals surface area contributed by atoms with Crippen LogP contribution in [0.4, 0.5) is 0 Å². The van der Waals surface area contributed by atoms with E-state index in [9.17, 15) is 0 Å². The number of hydrogen-bond donors (Lipinski definition) is 1. The third-order valence-electron chi connectivity index (χ3n) is 2.49. The highest BCUT2D eigenvalue weighted by atomic mass is 35.5. The van der Waals surface area contributed by atoms with Crippen LogP contribution in [0.15, 0.2) is 48.6 Å². The molecule has 1 nitrogen and oxygen atoms in total. The molecule has 0 aliphatic heterocycles. The lowest BCUT2D eigenvalue weighted by Crippen LogP contribution is -2.01. The molecule has 2 aromatic rings. The van der Waals surface area contributed by atoms with E-state index in [1.54, 1.807) is 0 Å². The SMILES string of the molecule is C=C(CS)COc1ccc(Cl)c2ccccc12. The molecule has 3 heteroatoms. The summed E-state index contributed by atoms with van der Waals surface area (Å²) in [4.78, 5) is 0. The first kappa shape index (κ1) is 12.3. The minimum Gasteiger partial charge on any atom is -0.489 e. The maximum atomic E-state index is 6.13. The van der Waals surface area contributed by atoms with Gasteiger partial charge in [-0.15, -0.1) is 0 Å². The van der Waals surface area contributed by atoms with Crippen molar-refractivity contribution in [2.24, 2.45) is 0 Å². The normalized spacial score (nSPS) is 10.5. The second kappa shape index (κ2) is 5.48. The van der Waals surface area contributed by atoms with Crippen LogP contribution in [-0.2, 0) is 0 Å². The molecule has 2 aromatic carbocycles. The average Bonchev–Trinajstić information content (AvgIpc) is 2.38. The van der Waals surface area contributed by atoms with Crippen LogP contribution >= 0.6 is 24.2 Å². The predicted molar refractivity (Wildman–Crippen MR) is 77.4 cm³/mol. The summed E-state index contributed by atoms with van der Waals surface area (Å²) >= 11 is 10.3. The second-order valence-electron chi connectivity index (χ2n) is 3.79. The highest BCUT2D eigenvalue weighted by Crippen LogP contribution is 2.31. The molecule has 2 rings (SSSR count). The number of thiol groups is 1. The molecule has 0 amide bonds. The molecule has 0 bridgehead atoms. The summed E-state index contributed by atoms with van der Waals surface area (Å²) in [6.45, 7) is 4.34. The molecule has 0 fully saturated rings. The van der Waals surface area contributed by atoms with Crippen molar-refractivity contribution >= 4 is 35.0 Å². The number of benzene rings is 2. The van der Waals surface area contributed by atoms with E-state index in [2.05, 4.69) is 19.2 Å². The molecule has 0 unspecified atom stereocenters. The molecular weight excluding hydrogens is 252 g/mol. The van der Waals surface area contributed by atoms with Crippen molar-refractivity contribution < 1.29 is 4.74 Å². The Morgan fingerprint density at radius 2 is 1.88 bits per heavy atom. The first-order chi connectivity index (χ1) is 8.22. The summed E-state index contributed by atoms with van der Waals surface area (Å²) < 4.78 is 5.72. The summed E-state index contributed by atoms with van der Waals surface area (Å²) in [5.41, 5.74) is 0.951. The lowest BCUT2D eigenvalue weighted by atomic mass is 10.1. The molecule has 0 aromatic heterocycles. The van der Waals surface area contributed by atoms with E-state index in [-0.39, 0.29) is 0 Å². The lowest BCUT2D eigenvalue weighted by Gasteiger charge is -2.10. The molecule has 0 aliphatic rings. The van der Waals surface area contributed by atoms with Crippen molar-refractivity contribution in [3.05, 3.63) is 53.6 Å². The van der Waals surface area contributed by atoms with Gasteiger partial charge in [-0.05, 0) is 17.7 Å². The summed E-state index contributed by atoms with van der Waals surface area (Å²) in [5, 5.41) is 2.76. The summed E-state index contributed by atoms with van der Waals surface area (Å²) in [5.74, 6) is 1.46. The number of hydrogen-bond acceptors (Lipinski definition) is 2. The molecule has 0 aliphatic carbocycles. The van der Waals surface area contributed by atoms with E-state index in [1.165, 1.54) is 0 Å². The maximum Gasteiger partial charge on any atom is 0.127 e. The van der Waals surface area contributed by atoms with Crippen LogP contribution in [0.3, 0.4) is 0 Å². The fraction of sp³-hybridized carbons (Fsp3) is 0.143. The van der Waals surface area contributed by atoms with Gasteiger partial charge < -0.3 is 4.74 Å². The van der Waals surface area contributed by atoms with Gasteiger partial charge >= 0.3 is 0 Å². The van der Waals surface area contributed by atoms with E-state index in [4.69, 9.17) is 16.3 Å². The van der Waals surface area contributed by atoms with Crippen molar-refractivity contribution in [2.45, 2.75) is 0 Å². The zero-order chi connectivity index (χ0) is 12.3. The van der Waals surface area contributed by atoms with E-state index in [0.29, 0.717) is 12.4 Å². The van der Waals surface area contributed by atoms with Gasteiger partial charge in [0.05, 0.1) is 0 Å². The Hall–Kier alpha value is -1.12. The first-order valence-electron chi connectivity index (χ1n) is 5.30. The number of rotatable bonds is 4. The van der Waals surface area contributed by atoms with Gasteiger partial charge in [-0.2, -0.15) is 12.6 Å². The monoisotopic (exact) mass is 264 g/mol. The molecule has 0 saturated heterocycles. The zero-order valence-corrected chi connectivity index (χ0v) is 11.0. The van der Waals surface area contributed by atoms with Gasteiger partial charge in [0.25, 0.3) is 0 Å². The van der Waals surface area contributed by atoms with E-state index in [1.807, 2.05) is 36.4 Å². The number of halogens is 1. The fourth-order valence-corrected chi connectivity index (χ4v) is 1.91. The Balaban J connectivity index is 2.35. The maximum absolute atomic E-state index is 6.13. The van der Waals surface area contributed by atoms with Crippen molar-refractivity contribution in [1.29, 1.82) is 0 Å². The van der Waals surface area contributed by atoms with Gasteiger partial charge in [-0.3, -0.25) is 0 Å². The van der Waals surface area contributed by atoms with E-state index in [0.717, 1.165) is 27.1 Å². The first-order valence-corrected chi connectivity index (χ1v) is 6.31. The summed E-state index contributed by atoms with van der Waals surface area (Å²) in [6, 6.07) is 11.7. The minimum absolute atomic E-state index is 0.481. The molecule has 17 heavy (non-hydrogen) atoms. The molecule has 0 N–H and O–H groups in total. The third-order valence-corrected chi connectivity index (χ3v) is 3.26. The number of fused-ring (bicyclic) bond motifs is 1. The fourth-order valence-electron chi connectivity index (χ4n) is 1.59. The van der Waals surface area contributed by atoms with Crippen LogP contribution in [0.5, 0.6) is 5.75 Å². The highest BCUT2D eigenvalue weighted by Gasteiger charge is 2.05. The zero-order valence-electron chi connectivity index (χ0n) is 9.32. The van der Waals surface area contributed by atoms with Gasteiger partial charge in [-0.25, -0.2) is 0 Å². The van der Waals surface area contributed by atoms with Crippen LogP contribution < -0.4 is 4.74 Å². The third kappa shape index (κ3) is 2.76. The smallest absolute Gasteiger partial charge is 0.127 e. The van der Waals surface area contributed by atoms with Crippen LogP contribution in [0.2, 0.25) is 5.02 Å². The Bertz CT molecular complexity index is 551. The predicted octanol–water partition coefficient (Wildman–Crippen LogP) is 4.36. The standard InChI is InChI=1S/C14H13ClOS/c1-10(9-17)8-16-14-7-6-13(15)11-4-2-3-5-12(11)14/h2-7,17H,1,8-9H2. The van der Waals surface area contributed by atoms with Gasteiger partial charge in [0.1, 0.15) is 12.4 Å². The van der Waals surface area contributed by atoms with Gasteiger partial charge in [0.2, 0.25) is 0 Å². The molecule has 88 valence electrons. The Morgan fingerprint density at radius 3 is 2.59 bits per heavy atom. The topological polar surface area (TPSA) is 9.23 Å². The van der Waals surface area contributed by atoms with Gasteiger partial charge in [0.15, 0.2) is 0 Å². The molecule has 0 saturated carbocycles. The Labute approximate surface area is 111 Å². The lowest BCUT2D eigenvalue weighted by molar-refractivity contribution is 0.357. The van der Waals surface area contributed by atoms with Crippen LogP contribution in [0, 0.1) is 0 Å². The summed E-state index contributed by atoms with van der Waals surface area (Å²) in [6.07, 6.45) is 0. The molecular formula is C14H13ClOS. The Kier molecular flexibility index (Phi) is 3.97. The van der Waals surface area contributed by atoms with E-state index >= 15 is 0 Å². The van der Waals surface area contributed by atoms with Gasteiger partial charge in [0, 0.05) is 21.5 Å². The molecule has 0 radical (unpaired) electrons. The van der Waals surface area contributed by atoms with Crippen molar-refractivity contribution in [3.8, 4) is 5.75 Å². The summed E-state index contributed by atoms with van der Waals surface area (Å²) in [7, 11) is 0. The molecule has 0 spiro atoms. The van der Waals surface area contributed by atoms with Crippen LogP contribution in [-0.4, -0.2) is 12.4 Å². The van der Waals surface area contributed by atoms with Crippen molar-refractivity contribution in [1.82, 2.24) is 0 Å². The Morgan fingerprint density at radius 1 is 1.18 bits per heavy atom. The van der Waals surface area contributed by atoms with Crippen LogP contribution in [0.1, 0.15) is 0 Å². The molecule has 0 atom stereocenters. The van der Waals surface area contributed by atoms with Crippen molar-refractivity contribution in [3.63, 3.8) is 0 Å².